The van der Waals surface area contributed by atoms with Gasteiger partial charge < -0.3 is 30.4 Å². The smallest absolute Gasteiger partial charge is 0.145 e. The Morgan fingerprint density at radius 2 is 1.03 bits per heavy atom. The lowest BCUT2D eigenvalue weighted by molar-refractivity contribution is 0.411. The molecule has 180 valence electrons. The van der Waals surface area contributed by atoms with Crippen LogP contribution in [0.4, 0.5) is 11.4 Å². The average Bonchev–Trinajstić information content (AvgIpc) is 2.88. The summed E-state index contributed by atoms with van der Waals surface area (Å²) in [6.07, 6.45) is 0.908. The number of benzene rings is 4. The van der Waals surface area contributed by atoms with Gasteiger partial charge in [-0.3, -0.25) is 0 Å². The molecule has 0 spiro atoms. The monoisotopic (exact) mass is 470 g/mol. The molecule has 0 aliphatic carbocycles. The summed E-state index contributed by atoms with van der Waals surface area (Å²) in [7, 11) is 3.17. The summed E-state index contributed by atoms with van der Waals surface area (Å²) in [5.74, 6) is 4.40. The molecule has 0 saturated heterocycles. The van der Waals surface area contributed by atoms with Gasteiger partial charge in [0.25, 0.3) is 0 Å². The van der Waals surface area contributed by atoms with E-state index in [9.17, 15) is 0 Å². The first-order chi connectivity index (χ1) is 16.9. The highest BCUT2D eigenvalue weighted by Crippen LogP contribution is 2.32. The van der Waals surface area contributed by atoms with E-state index in [4.69, 9.17) is 30.4 Å². The van der Waals surface area contributed by atoms with Crippen molar-refractivity contribution < 1.29 is 18.9 Å². The number of anilines is 2. The number of ether oxygens (including phenoxy) is 4. The van der Waals surface area contributed by atoms with Gasteiger partial charge in [0.15, 0.2) is 0 Å². The lowest BCUT2D eigenvalue weighted by atomic mass is 9.94. The van der Waals surface area contributed by atoms with Crippen LogP contribution in [0.25, 0.3) is 0 Å². The van der Waals surface area contributed by atoms with Gasteiger partial charge in [-0.2, -0.15) is 0 Å². The number of hydrogen-bond acceptors (Lipinski definition) is 6. The quantitative estimate of drug-likeness (QED) is 0.262. The second-order valence-electron chi connectivity index (χ2n) is 8.33. The Labute approximate surface area is 206 Å². The van der Waals surface area contributed by atoms with E-state index in [0.29, 0.717) is 40.3 Å². The minimum atomic E-state index is 0.341. The Hall–Kier alpha value is -4.32. The van der Waals surface area contributed by atoms with E-state index in [1.165, 1.54) is 11.1 Å². The van der Waals surface area contributed by atoms with Gasteiger partial charge in [-0.05, 0) is 72.0 Å². The average molecular weight is 471 g/mol. The lowest BCUT2D eigenvalue weighted by Gasteiger charge is -2.14. The van der Waals surface area contributed by atoms with Crippen LogP contribution in [0.15, 0.2) is 84.9 Å². The van der Waals surface area contributed by atoms with Gasteiger partial charge in [0.2, 0.25) is 0 Å². The number of methoxy groups -OCH3 is 2. The Morgan fingerprint density at radius 3 is 1.49 bits per heavy atom. The van der Waals surface area contributed by atoms with Crippen molar-refractivity contribution in [2.75, 3.05) is 25.7 Å². The first-order valence-corrected chi connectivity index (χ1v) is 11.4. The van der Waals surface area contributed by atoms with Crippen LogP contribution in [0.1, 0.15) is 24.0 Å². The summed E-state index contributed by atoms with van der Waals surface area (Å²) in [4.78, 5) is 0. The van der Waals surface area contributed by atoms with Crippen LogP contribution in [-0.4, -0.2) is 14.2 Å². The highest BCUT2D eigenvalue weighted by Gasteiger charge is 2.09. The van der Waals surface area contributed by atoms with E-state index >= 15 is 0 Å². The fraction of sp³-hybridized carbons (Fsp3) is 0.172. The molecule has 0 amide bonds. The molecule has 6 nitrogen and oxygen atoms in total. The molecule has 0 bridgehead atoms. The predicted octanol–water partition coefficient (Wildman–Crippen LogP) is 6.80. The standard InChI is InChI=1S/C29H30N2O4/c1-19(21-6-10-23(11-7-21)35-25-13-15-27(31)29(18-25)33-3)16-20-4-8-22(9-5-20)34-24-12-14-26(30)28(17-24)32-2/h4-15,17-19H,16,30-31H2,1-3H3. The van der Waals surface area contributed by atoms with E-state index in [0.717, 1.165) is 17.9 Å². The van der Waals surface area contributed by atoms with Gasteiger partial charge in [-0.15, -0.1) is 0 Å². The molecule has 0 aromatic heterocycles. The molecule has 4 N–H and O–H groups in total. The maximum absolute atomic E-state index is 5.95. The summed E-state index contributed by atoms with van der Waals surface area (Å²) >= 11 is 0. The third-order valence-electron chi connectivity index (χ3n) is 5.80. The molecule has 4 rings (SSSR count). The Kier molecular flexibility index (Phi) is 7.31. The van der Waals surface area contributed by atoms with Crippen molar-refractivity contribution in [2.45, 2.75) is 19.3 Å². The molecule has 4 aromatic rings. The fourth-order valence-corrected chi connectivity index (χ4v) is 3.81. The zero-order chi connectivity index (χ0) is 24.8. The van der Waals surface area contributed by atoms with Gasteiger partial charge >= 0.3 is 0 Å². The van der Waals surface area contributed by atoms with Gasteiger partial charge in [0, 0.05) is 12.1 Å². The molecule has 0 saturated carbocycles. The second kappa shape index (κ2) is 10.7. The number of hydrogen-bond donors (Lipinski definition) is 2. The highest BCUT2D eigenvalue weighted by molar-refractivity contribution is 5.57. The maximum Gasteiger partial charge on any atom is 0.145 e. The summed E-state index contributed by atoms with van der Waals surface area (Å²) in [5, 5.41) is 0. The van der Waals surface area contributed by atoms with Crippen LogP contribution in [-0.2, 0) is 6.42 Å². The van der Waals surface area contributed by atoms with Crippen molar-refractivity contribution in [2.24, 2.45) is 0 Å². The van der Waals surface area contributed by atoms with Crippen molar-refractivity contribution in [3.8, 4) is 34.5 Å². The SMILES string of the molecule is COc1cc(Oc2ccc(CC(C)c3ccc(Oc4ccc(N)c(OC)c4)cc3)cc2)ccc1N. The molecule has 0 heterocycles. The van der Waals surface area contributed by atoms with E-state index in [1.54, 1.807) is 38.5 Å². The second-order valence-corrected chi connectivity index (χ2v) is 8.33. The molecular weight excluding hydrogens is 440 g/mol. The van der Waals surface area contributed by atoms with E-state index in [-0.39, 0.29) is 0 Å². The van der Waals surface area contributed by atoms with Gasteiger partial charge in [-0.1, -0.05) is 31.2 Å². The summed E-state index contributed by atoms with van der Waals surface area (Å²) in [5.41, 5.74) is 15.4. The molecule has 0 fully saturated rings. The molecule has 0 radical (unpaired) electrons. The Balaban J connectivity index is 1.35. The Morgan fingerprint density at radius 1 is 0.600 bits per heavy atom. The topological polar surface area (TPSA) is 89.0 Å². The minimum Gasteiger partial charge on any atom is -0.494 e. The van der Waals surface area contributed by atoms with Crippen molar-refractivity contribution in [1.82, 2.24) is 0 Å². The maximum atomic E-state index is 5.95. The van der Waals surface area contributed by atoms with E-state index in [1.807, 2.05) is 36.4 Å². The van der Waals surface area contributed by atoms with Crippen molar-refractivity contribution in [1.29, 1.82) is 0 Å². The largest absolute Gasteiger partial charge is 0.494 e. The van der Waals surface area contributed by atoms with Crippen molar-refractivity contribution >= 4 is 11.4 Å². The van der Waals surface area contributed by atoms with E-state index < -0.39 is 0 Å². The van der Waals surface area contributed by atoms with Crippen LogP contribution < -0.4 is 30.4 Å². The van der Waals surface area contributed by atoms with Crippen LogP contribution in [0.3, 0.4) is 0 Å². The molecule has 4 aromatic carbocycles. The molecule has 1 atom stereocenters. The van der Waals surface area contributed by atoms with Crippen LogP contribution in [0.5, 0.6) is 34.5 Å². The number of nitrogens with two attached hydrogens (primary N) is 2. The highest BCUT2D eigenvalue weighted by atomic mass is 16.5. The van der Waals surface area contributed by atoms with Gasteiger partial charge in [0.05, 0.1) is 25.6 Å². The van der Waals surface area contributed by atoms with Crippen molar-refractivity contribution in [3.63, 3.8) is 0 Å². The van der Waals surface area contributed by atoms with Gasteiger partial charge in [-0.25, -0.2) is 0 Å². The molecule has 6 heteroatoms. The fourth-order valence-electron chi connectivity index (χ4n) is 3.81. The zero-order valence-electron chi connectivity index (χ0n) is 20.2. The molecule has 0 aliphatic heterocycles. The third-order valence-corrected chi connectivity index (χ3v) is 5.80. The number of nitrogen functional groups attached to an aromatic ring is 2. The van der Waals surface area contributed by atoms with Crippen LogP contribution >= 0.6 is 0 Å². The van der Waals surface area contributed by atoms with Crippen molar-refractivity contribution in [3.05, 3.63) is 96.1 Å². The van der Waals surface area contributed by atoms with Crippen LogP contribution in [0.2, 0.25) is 0 Å². The molecule has 0 aliphatic rings. The summed E-state index contributed by atoms with van der Waals surface area (Å²) in [6.45, 7) is 2.21. The molecule has 1 unspecified atom stereocenters. The third kappa shape index (κ3) is 5.98. The first-order valence-electron chi connectivity index (χ1n) is 11.4. The first kappa shape index (κ1) is 23.8. The molecular formula is C29H30N2O4. The minimum absolute atomic E-state index is 0.341. The normalized spacial score (nSPS) is 11.5. The lowest BCUT2D eigenvalue weighted by Crippen LogP contribution is -1.99. The summed E-state index contributed by atoms with van der Waals surface area (Å²) in [6, 6.07) is 27.0. The predicted molar refractivity (Wildman–Crippen MR) is 140 cm³/mol. The molecule has 35 heavy (non-hydrogen) atoms. The van der Waals surface area contributed by atoms with Crippen LogP contribution in [0, 0.1) is 0 Å². The summed E-state index contributed by atoms with van der Waals surface area (Å²) < 4.78 is 22.4. The zero-order valence-corrected chi connectivity index (χ0v) is 20.2. The number of rotatable bonds is 9. The Bertz CT molecular complexity index is 1270. The van der Waals surface area contributed by atoms with E-state index in [2.05, 4.69) is 31.2 Å². The van der Waals surface area contributed by atoms with Gasteiger partial charge in [0.1, 0.15) is 34.5 Å².